The summed E-state index contributed by atoms with van der Waals surface area (Å²) in [6, 6.07) is 6.56. The molecule has 7 heteroatoms. The Hall–Kier alpha value is -2.41. The van der Waals surface area contributed by atoms with Crippen molar-refractivity contribution in [1.29, 1.82) is 0 Å². The predicted molar refractivity (Wildman–Crippen MR) is 107 cm³/mol. The molecule has 0 spiro atoms. The molecule has 0 amide bonds. The molecule has 0 radical (unpaired) electrons. The lowest BCUT2D eigenvalue weighted by Gasteiger charge is -2.36. The van der Waals surface area contributed by atoms with Crippen LogP contribution in [0.5, 0.6) is 0 Å². The third kappa shape index (κ3) is 4.66. The van der Waals surface area contributed by atoms with E-state index in [1.54, 1.807) is 6.33 Å². The molecule has 7 nitrogen and oxygen atoms in total. The standard InChI is InChI=1S/C20H30N6O/c1-5-21-20(22-12-19-24-23-14-25(19)6-2)26-9-10-27-18(13-26)17-8-7-15(3)11-16(17)4/h7-8,11,14,18H,5-6,9-10,12-13H2,1-4H3,(H,21,22). The normalized spacial score (nSPS) is 18.0. The van der Waals surface area contributed by atoms with Crippen LogP contribution in [-0.2, 0) is 17.8 Å². The van der Waals surface area contributed by atoms with Crippen molar-refractivity contribution in [2.75, 3.05) is 26.2 Å². The summed E-state index contributed by atoms with van der Waals surface area (Å²) in [5.74, 6) is 1.79. The minimum Gasteiger partial charge on any atom is -0.370 e. The highest BCUT2D eigenvalue weighted by molar-refractivity contribution is 5.80. The van der Waals surface area contributed by atoms with E-state index in [0.29, 0.717) is 13.2 Å². The molecule has 0 saturated carbocycles. The number of hydrogen-bond acceptors (Lipinski definition) is 4. The number of guanidine groups is 1. The van der Waals surface area contributed by atoms with Gasteiger partial charge in [-0.15, -0.1) is 10.2 Å². The highest BCUT2D eigenvalue weighted by atomic mass is 16.5. The van der Waals surface area contributed by atoms with Crippen LogP contribution in [0.15, 0.2) is 29.5 Å². The molecule has 2 aromatic rings. The Kier molecular flexibility index (Phi) is 6.45. The Morgan fingerprint density at radius 2 is 2.19 bits per heavy atom. The summed E-state index contributed by atoms with van der Waals surface area (Å²) in [7, 11) is 0. The maximum Gasteiger partial charge on any atom is 0.194 e. The van der Waals surface area contributed by atoms with E-state index in [4.69, 9.17) is 9.73 Å². The Bertz CT molecular complexity index is 785. The highest BCUT2D eigenvalue weighted by Gasteiger charge is 2.25. The van der Waals surface area contributed by atoms with Gasteiger partial charge in [0.1, 0.15) is 19.0 Å². The van der Waals surface area contributed by atoms with Gasteiger partial charge in [-0.1, -0.05) is 23.8 Å². The van der Waals surface area contributed by atoms with Crippen molar-refractivity contribution in [2.24, 2.45) is 4.99 Å². The third-order valence-corrected chi connectivity index (χ3v) is 4.88. The van der Waals surface area contributed by atoms with Crippen LogP contribution in [-0.4, -0.2) is 51.9 Å². The van der Waals surface area contributed by atoms with E-state index in [9.17, 15) is 0 Å². The third-order valence-electron chi connectivity index (χ3n) is 4.88. The van der Waals surface area contributed by atoms with Crippen LogP contribution in [0.25, 0.3) is 0 Å². The molecule has 146 valence electrons. The quantitative estimate of drug-likeness (QED) is 0.647. The lowest BCUT2D eigenvalue weighted by Crippen LogP contribution is -2.48. The molecule has 0 aliphatic carbocycles. The Morgan fingerprint density at radius 3 is 2.93 bits per heavy atom. The fourth-order valence-corrected chi connectivity index (χ4v) is 3.45. The SMILES string of the molecule is CCNC(=NCc1nncn1CC)N1CCOC(c2ccc(C)cc2C)C1. The number of nitrogens with zero attached hydrogens (tertiary/aromatic N) is 5. The van der Waals surface area contributed by atoms with Crippen LogP contribution in [0.1, 0.15) is 42.5 Å². The molecule has 1 saturated heterocycles. The van der Waals surface area contributed by atoms with Crippen molar-refractivity contribution in [3.63, 3.8) is 0 Å². The van der Waals surface area contributed by atoms with Gasteiger partial charge in [-0.3, -0.25) is 0 Å². The highest BCUT2D eigenvalue weighted by Crippen LogP contribution is 2.26. The molecule has 1 aliphatic rings. The molecule has 27 heavy (non-hydrogen) atoms. The van der Waals surface area contributed by atoms with Crippen LogP contribution in [0.4, 0.5) is 0 Å². The van der Waals surface area contributed by atoms with Gasteiger partial charge in [-0.05, 0) is 38.8 Å². The Morgan fingerprint density at radius 1 is 1.33 bits per heavy atom. The fraction of sp³-hybridized carbons (Fsp3) is 0.550. The van der Waals surface area contributed by atoms with Gasteiger partial charge in [0.25, 0.3) is 0 Å². The second-order valence-electron chi connectivity index (χ2n) is 6.87. The molecule has 3 rings (SSSR count). The van der Waals surface area contributed by atoms with E-state index in [2.05, 4.69) is 66.3 Å². The van der Waals surface area contributed by atoms with Gasteiger partial charge in [0, 0.05) is 19.6 Å². The molecule has 1 unspecified atom stereocenters. The van der Waals surface area contributed by atoms with E-state index < -0.39 is 0 Å². The number of rotatable bonds is 5. The van der Waals surface area contributed by atoms with Crippen LogP contribution < -0.4 is 5.32 Å². The molecule has 1 aromatic carbocycles. The second kappa shape index (κ2) is 8.99. The van der Waals surface area contributed by atoms with Gasteiger partial charge < -0.3 is 19.5 Å². The summed E-state index contributed by atoms with van der Waals surface area (Å²) < 4.78 is 8.10. The lowest BCUT2D eigenvalue weighted by atomic mass is 10.00. The van der Waals surface area contributed by atoms with Crippen molar-refractivity contribution >= 4 is 5.96 Å². The smallest absolute Gasteiger partial charge is 0.194 e. The minimum absolute atomic E-state index is 0.0579. The first-order valence-electron chi connectivity index (χ1n) is 9.71. The van der Waals surface area contributed by atoms with Crippen molar-refractivity contribution in [2.45, 2.75) is 46.9 Å². The Balaban J connectivity index is 1.75. The van der Waals surface area contributed by atoms with Gasteiger partial charge in [-0.2, -0.15) is 0 Å². The summed E-state index contributed by atoms with van der Waals surface area (Å²) in [6.07, 6.45) is 1.81. The molecule has 1 atom stereocenters. The maximum absolute atomic E-state index is 6.08. The van der Waals surface area contributed by atoms with Gasteiger partial charge in [0.2, 0.25) is 0 Å². The van der Waals surface area contributed by atoms with E-state index in [1.807, 2.05) is 4.57 Å². The molecule has 0 bridgehead atoms. The molecule has 1 aromatic heterocycles. The first-order chi connectivity index (χ1) is 13.1. The van der Waals surface area contributed by atoms with Gasteiger partial charge in [0.15, 0.2) is 11.8 Å². The summed E-state index contributed by atoms with van der Waals surface area (Å²) in [6.45, 7) is 12.9. The van der Waals surface area contributed by atoms with E-state index in [-0.39, 0.29) is 6.10 Å². The maximum atomic E-state index is 6.08. The zero-order valence-corrected chi connectivity index (χ0v) is 16.8. The molecular formula is C20H30N6O. The van der Waals surface area contributed by atoms with Gasteiger partial charge >= 0.3 is 0 Å². The zero-order chi connectivity index (χ0) is 19.2. The Labute approximate surface area is 161 Å². The average Bonchev–Trinajstić information content (AvgIpc) is 3.13. The van der Waals surface area contributed by atoms with E-state index in [0.717, 1.165) is 38.0 Å². The molecule has 1 aliphatic heterocycles. The summed E-state index contributed by atoms with van der Waals surface area (Å²) in [4.78, 5) is 7.09. The van der Waals surface area contributed by atoms with E-state index >= 15 is 0 Å². The van der Waals surface area contributed by atoms with Gasteiger partial charge in [0.05, 0.1) is 13.2 Å². The topological polar surface area (TPSA) is 67.6 Å². The van der Waals surface area contributed by atoms with Crippen LogP contribution in [0.2, 0.25) is 0 Å². The number of hydrogen-bond donors (Lipinski definition) is 1. The average molecular weight is 371 g/mol. The van der Waals surface area contributed by atoms with Crippen molar-refractivity contribution in [1.82, 2.24) is 25.0 Å². The number of aryl methyl sites for hydroxylation is 3. The van der Waals surface area contributed by atoms with E-state index in [1.165, 1.54) is 16.7 Å². The number of nitrogens with one attached hydrogen (secondary N) is 1. The molecule has 2 heterocycles. The lowest BCUT2D eigenvalue weighted by molar-refractivity contribution is -0.00835. The number of ether oxygens (including phenoxy) is 1. The predicted octanol–water partition coefficient (Wildman–Crippen LogP) is 2.45. The van der Waals surface area contributed by atoms with Crippen molar-refractivity contribution < 1.29 is 4.74 Å². The first kappa shape index (κ1) is 19.4. The van der Waals surface area contributed by atoms with Crippen LogP contribution in [0, 0.1) is 13.8 Å². The monoisotopic (exact) mass is 370 g/mol. The van der Waals surface area contributed by atoms with Crippen molar-refractivity contribution in [3.8, 4) is 0 Å². The molecule has 1 N–H and O–H groups in total. The number of benzene rings is 1. The van der Waals surface area contributed by atoms with Crippen molar-refractivity contribution in [3.05, 3.63) is 47.0 Å². The molecular weight excluding hydrogens is 340 g/mol. The number of aliphatic imine (C=N–C) groups is 1. The minimum atomic E-state index is 0.0579. The largest absolute Gasteiger partial charge is 0.370 e. The first-order valence-corrected chi connectivity index (χ1v) is 9.71. The zero-order valence-electron chi connectivity index (χ0n) is 16.8. The van der Waals surface area contributed by atoms with Crippen LogP contribution >= 0.6 is 0 Å². The number of morpholine rings is 1. The second-order valence-corrected chi connectivity index (χ2v) is 6.87. The summed E-state index contributed by atoms with van der Waals surface area (Å²) in [5, 5.41) is 11.6. The fourth-order valence-electron chi connectivity index (χ4n) is 3.45. The molecule has 1 fully saturated rings. The number of aromatic nitrogens is 3. The summed E-state index contributed by atoms with van der Waals surface area (Å²) >= 11 is 0. The van der Waals surface area contributed by atoms with Gasteiger partial charge in [-0.25, -0.2) is 4.99 Å². The van der Waals surface area contributed by atoms with Crippen LogP contribution in [0.3, 0.4) is 0 Å². The summed E-state index contributed by atoms with van der Waals surface area (Å²) in [5.41, 5.74) is 3.81.